The SMILES string of the molecule is O=[14c]1c2ccccc2ncn1-c1ccc(Cl)cc1. The van der Waals surface area contributed by atoms with Crippen LogP contribution in [-0.4, -0.2) is 9.55 Å². The van der Waals surface area contributed by atoms with Gasteiger partial charge in [0, 0.05) is 5.02 Å². The third-order valence-electron chi connectivity index (χ3n) is 2.77. The lowest BCUT2D eigenvalue weighted by Crippen LogP contribution is -2.18. The maximum absolute atomic E-state index is 12.3. The zero-order valence-electron chi connectivity index (χ0n) is 9.38. The Morgan fingerprint density at radius 3 is 2.56 bits per heavy atom. The van der Waals surface area contributed by atoms with Crippen molar-refractivity contribution in [2.75, 3.05) is 0 Å². The van der Waals surface area contributed by atoms with Gasteiger partial charge in [0.1, 0.15) is 6.33 Å². The number of para-hydroxylation sites is 1. The second-order valence-corrected chi connectivity index (χ2v) is 4.35. The number of hydrogen-bond donors (Lipinski definition) is 0. The van der Waals surface area contributed by atoms with Crippen molar-refractivity contribution in [1.82, 2.24) is 9.55 Å². The molecule has 0 radical (unpaired) electrons. The Labute approximate surface area is 108 Å². The van der Waals surface area contributed by atoms with E-state index in [2.05, 4.69) is 4.98 Å². The van der Waals surface area contributed by atoms with Crippen molar-refractivity contribution in [3.63, 3.8) is 0 Å². The first-order valence-electron chi connectivity index (χ1n) is 5.48. The maximum Gasteiger partial charge on any atom is 0.265 e. The summed E-state index contributed by atoms with van der Waals surface area (Å²) in [6.45, 7) is 0. The van der Waals surface area contributed by atoms with E-state index in [1.165, 1.54) is 10.9 Å². The van der Waals surface area contributed by atoms with E-state index >= 15 is 0 Å². The predicted molar refractivity (Wildman–Crippen MR) is 72.4 cm³/mol. The molecule has 0 aliphatic rings. The van der Waals surface area contributed by atoms with Crippen LogP contribution >= 0.6 is 11.6 Å². The van der Waals surface area contributed by atoms with Crippen molar-refractivity contribution in [2.45, 2.75) is 0 Å². The van der Waals surface area contributed by atoms with E-state index in [0.717, 1.165) is 5.69 Å². The first-order chi connectivity index (χ1) is 8.75. The molecular weight excluding hydrogens is 250 g/mol. The quantitative estimate of drug-likeness (QED) is 0.672. The molecule has 0 fully saturated rings. The molecule has 18 heavy (non-hydrogen) atoms. The normalized spacial score (nSPS) is 10.7. The predicted octanol–water partition coefficient (Wildman–Crippen LogP) is 3.04. The summed E-state index contributed by atoms with van der Waals surface area (Å²) in [4.78, 5) is 16.6. The number of halogens is 1. The Balaban J connectivity index is 2.27. The fourth-order valence-corrected chi connectivity index (χ4v) is 1.98. The van der Waals surface area contributed by atoms with Crippen LogP contribution in [0.4, 0.5) is 0 Å². The van der Waals surface area contributed by atoms with Crippen LogP contribution in [-0.2, 0) is 0 Å². The first kappa shape index (κ1) is 11.0. The molecule has 0 unspecified atom stereocenters. The Morgan fingerprint density at radius 2 is 1.78 bits per heavy atom. The number of nitrogens with zero attached hydrogens (tertiary/aromatic N) is 2. The summed E-state index contributed by atoms with van der Waals surface area (Å²) in [6, 6.07) is 14.4. The molecular formula is C14H9ClN2O. The van der Waals surface area contributed by atoms with Crippen LogP contribution in [0.1, 0.15) is 0 Å². The molecule has 3 rings (SSSR count). The van der Waals surface area contributed by atoms with E-state index in [1.807, 2.05) is 18.2 Å². The minimum absolute atomic E-state index is 0.0806. The lowest BCUT2D eigenvalue weighted by Gasteiger charge is -2.06. The van der Waals surface area contributed by atoms with Crippen LogP contribution in [0.5, 0.6) is 0 Å². The summed E-state index contributed by atoms with van der Waals surface area (Å²) in [5.74, 6) is 0. The monoisotopic (exact) mass is 258 g/mol. The third kappa shape index (κ3) is 1.79. The van der Waals surface area contributed by atoms with E-state index < -0.39 is 0 Å². The van der Waals surface area contributed by atoms with Gasteiger partial charge in [-0.3, -0.25) is 9.36 Å². The molecule has 4 heteroatoms. The van der Waals surface area contributed by atoms with Gasteiger partial charge < -0.3 is 0 Å². The molecule has 0 saturated carbocycles. The van der Waals surface area contributed by atoms with Gasteiger partial charge in [-0.05, 0) is 36.4 Å². The Bertz CT molecular complexity index is 763. The molecule has 0 aliphatic carbocycles. The highest BCUT2D eigenvalue weighted by molar-refractivity contribution is 6.30. The van der Waals surface area contributed by atoms with Gasteiger partial charge in [-0.1, -0.05) is 23.7 Å². The molecule has 88 valence electrons. The van der Waals surface area contributed by atoms with Crippen molar-refractivity contribution in [3.05, 3.63) is 70.2 Å². The van der Waals surface area contributed by atoms with Crippen molar-refractivity contribution in [3.8, 4) is 5.69 Å². The molecule has 0 aliphatic heterocycles. The van der Waals surface area contributed by atoms with Crippen molar-refractivity contribution < 1.29 is 0 Å². The van der Waals surface area contributed by atoms with Gasteiger partial charge in [0.15, 0.2) is 0 Å². The average Bonchev–Trinajstić information content (AvgIpc) is 2.41. The second kappa shape index (κ2) is 4.27. The Kier molecular flexibility index (Phi) is 2.61. The molecule has 0 saturated heterocycles. The number of benzene rings is 2. The minimum Gasteiger partial charge on any atom is -0.268 e. The van der Waals surface area contributed by atoms with E-state index in [4.69, 9.17) is 11.6 Å². The smallest absolute Gasteiger partial charge is 0.265 e. The molecule has 1 aromatic heterocycles. The van der Waals surface area contributed by atoms with Crippen molar-refractivity contribution in [2.24, 2.45) is 0 Å². The fourth-order valence-electron chi connectivity index (χ4n) is 1.85. The first-order valence-corrected chi connectivity index (χ1v) is 5.86. The van der Waals surface area contributed by atoms with Gasteiger partial charge >= 0.3 is 0 Å². The summed E-state index contributed by atoms with van der Waals surface area (Å²) < 4.78 is 1.51. The van der Waals surface area contributed by atoms with Crippen molar-refractivity contribution in [1.29, 1.82) is 0 Å². The summed E-state index contributed by atoms with van der Waals surface area (Å²) in [5, 5.41) is 1.25. The van der Waals surface area contributed by atoms with Gasteiger partial charge in [-0.25, -0.2) is 4.98 Å². The summed E-state index contributed by atoms with van der Waals surface area (Å²) in [5.41, 5.74) is 1.37. The molecule has 0 spiro atoms. The maximum atomic E-state index is 12.3. The van der Waals surface area contributed by atoms with Gasteiger partial charge in [0.2, 0.25) is 0 Å². The molecule has 3 nitrogen and oxygen atoms in total. The lowest BCUT2D eigenvalue weighted by molar-refractivity contribution is 0.963. The zero-order chi connectivity index (χ0) is 12.5. The standard InChI is InChI=1S/C14H9ClN2O/c15-10-5-7-11(8-6-10)17-9-16-13-4-2-1-3-12(13)14(17)18/h1-9H/i14+2. The largest absolute Gasteiger partial charge is 0.268 e. The van der Waals surface area contributed by atoms with Crippen LogP contribution < -0.4 is 5.56 Å². The zero-order valence-corrected chi connectivity index (χ0v) is 10.1. The summed E-state index contributed by atoms with van der Waals surface area (Å²) in [6.07, 6.45) is 1.54. The van der Waals surface area contributed by atoms with Crippen LogP contribution in [0.15, 0.2) is 59.7 Å². The lowest BCUT2D eigenvalue weighted by atomic mass is 10.3. The number of fused-ring (bicyclic) bond motifs is 1. The highest BCUT2D eigenvalue weighted by Gasteiger charge is 2.04. The van der Waals surface area contributed by atoms with Gasteiger partial charge in [-0.2, -0.15) is 0 Å². The van der Waals surface area contributed by atoms with E-state index in [0.29, 0.717) is 15.9 Å². The van der Waals surface area contributed by atoms with Crippen LogP contribution in [0.2, 0.25) is 5.02 Å². The van der Waals surface area contributed by atoms with Crippen LogP contribution in [0, 0.1) is 0 Å². The van der Waals surface area contributed by atoms with E-state index in [9.17, 15) is 4.79 Å². The molecule has 0 bridgehead atoms. The summed E-state index contributed by atoms with van der Waals surface area (Å²) in [7, 11) is 0. The average molecular weight is 259 g/mol. The summed E-state index contributed by atoms with van der Waals surface area (Å²) >= 11 is 5.83. The molecule has 0 N–H and O–H groups in total. The van der Waals surface area contributed by atoms with Crippen LogP contribution in [0.3, 0.4) is 0 Å². The number of hydrogen-bond acceptors (Lipinski definition) is 2. The number of aromatic nitrogens is 2. The fraction of sp³-hybridized carbons (Fsp3) is 0. The van der Waals surface area contributed by atoms with Gasteiger partial charge in [-0.15, -0.1) is 0 Å². The van der Waals surface area contributed by atoms with Gasteiger partial charge in [0.25, 0.3) is 5.56 Å². The van der Waals surface area contributed by atoms with Gasteiger partial charge in [0.05, 0.1) is 16.6 Å². The number of rotatable bonds is 1. The molecule has 3 aromatic rings. The van der Waals surface area contributed by atoms with Crippen molar-refractivity contribution >= 4 is 22.5 Å². The molecule has 2 aromatic carbocycles. The highest BCUT2D eigenvalue weighted by Crippen LogP contribution is 2.13. The molecule has 0 amide bonds. The highest BCUT2D eigenvalue weighted by atomic mass is 35.5. The molecule has 0 atom stereocenters. The minimum atomic E-state index is -0.0806. The van der Waals surface area contributed by atoms with E-state index in [-0.39, 0.29) is 5.56 Å². The van der Waals surface area contributed by atoms with E-state index in [1.54, 1.807) is 30.3 Å². The third-order valence-corrected chi connectivity index (χ3v) is 3.02. The molecule has 1 heterocycles. The topological polar surface area (TPSA) is 34.9 Å². The Morgan fingerprint density at radius 1 is 1.06 bits per heavy atom. The Hall–Kier alpha value is -2.13. The second-order valence-electron chi connectivity index (χ2n) is 3.91. The van der Waals surface area contributed by atoms with Crippen LogP contribution in [0.25, 0.3) is 16.6 Å².